The number of carbonyl (C=O) groups is 2. The van der Waals surface area contributed by atoms with Gasteiger partial charge in [-0.25, -0.2) is 9.59 Å². The lowest BCUT2D eigenvalue weighted by atomic mass is 10.1. The third-order valence-electron chi connectivity index (χ3n) is 4.99. The van der Waals surface area contributed by atoms with Crippen LogP contribution in [0.25, 0.3) is 0 Å². The van der Waals surface area contributed by atoms with Crippen LogP contribution < -0.4 is 9.64 Å². The smallest absolute Gasteiger partial charge is 0.410 e. The van der Waals surface area contributed by atoms with Crippen LogP contribution in [-0.4, -0.2) is 66.4 Å². The summed E-state index contributed by atoms with van der Waals surface area (Å²) in [5.74, 6) is 0.911. The Balaban J connectivity index is 1.47. The van der Waals surface area contributed by atoms with Gasteiger partial charge < -0.3 is 19.3 Å². The van der Waals surface area contributed by atoms with Crippen molar-refractivity contribution >= 4 is 17.8 Å². The second kappa shape index (κ2) is 6.07. The Morgan fingerprint density at radius 1 is 1.23 bits per heavy atom. The van der Waals surface area contributed by atoms with Crippen LogP contribution in [0.2, 0.25) is 0 Å². The van der Waals surface area contributed by atoms with E-state index in [0.717, 1.165) is 23.4 Å². The van der Waals surface area contributed by atoms with E-state index in [1.807, 2.05) is 48.8 Å². The highest BCUT2D eigenvalue weighted by atomic mass is 16.6. The summed E-state index contributed by atoms with van der Waals surface area (Å²) in [4.78, 5) is 30.5. The maximum absolute atomic E-state index is 12.8. The van der Waals surface area contributed by atoms with Gasteiger partial charge in [0.15, 0.2) is 0 Å². The van der Waals surface area contributed by atoms with E-state index in [1.165, 1.54) is 0 Å². The molecule has 7 heteroatoms. The van der Waals surface area contributed by atoms with E-state index in [1.54, 1.807) is 4.90 Å². The van der Waals surface area contributed by atoms with Crippen molar-refractivity contribution in [3.63, 3.8) is 0 Å². The molecule has 26 heavy (non-hydrogen) atoms. The maximum atomic E-state index is 12.8. The van der Waals surface area contributed by atoms with E-state index in [-0.39, 0.29) is 18.2 Å². The van der Waals surface area contributed by atoms with Crippen LogP contribution in [0.5, 0.6) is 5.75 Å². The van der Waals surface area contributed by atoms with Crippen LogP contribution in [0.3, 0.4) is 0 Å². The monoisotopic (exact) mass is 359 g/mol. The van der Waals surface area contributed by atoms with Gasteiger partial charge in [-0.1, -0.05) is 0 Å². The molecular formula is C19H25N3O4. The van der Waals surface area contributed by atoms with Crippen molar-refractivity contribution in [2.75, 3.05) is 37.7 Å². The molecule has 2 fully saturated rings. The summed E-state index contributed by atoms with van der Waals surface area (Å²) in [6.07, 6.45) is 0.572. The summed E-state index contributed by atoms with van der Waals surface area (Å²) < 4.78 is 11.0. The Hall–Kier alpha value is -2.44. The van der Waals surface area contributed by atoms with E-state index >= 15 is 0 Å². The fourth-order valence-corrected chi connectivity index (χ4v) is 3.76. The van der Waals surface area contributed by atoms with Crippen molar-refractivity contribution in [1.29, 1.82) is 0 Å². The number of ether oxygens (including phenoxy) is 2. The van der Waals surface area contributed by atoms with Gasteiger partial charge in [-0.15, -0.1) is 0 Å². The first-order valence-corrected chi connectivity index (χ1v) is 9.13. The van der Waals surface area contributed by atoms with Crippen molar-refractivity contribution in [2.24, 2.45) is 0 Å². The molecule has 0 saturated carbocycles. The number of carbonyl (C=O) groups excluding carboxylic acids is 2. The van der Waals surface area contributed by atoms with Crippen molar-refractivity contribution in [1.82, 2.24) is 9.80 Å². The van der Waals surface area contributed by atoms with Gasteiger partial charge >= 0.3 is 12.1 Å². The van der Waals surface area contributed by atoms with Crippen LogP contribution in [-0.2, 0) is 11.2 Å². The third kappa shape index (κ3) is 3.06. The maximum Gasteiger partial charge on any atom is 0.410 e. The molecule has 0 N–H and O–H groups in total. The predicted octanol–water partition coefficient (Wildman–Crippen LogP) is 2.48. The molecule has 1 aromatic carbocycles. The lowest BCUT2D eigenvalue weighted by Crippen LogP contribution is -2.54. The third-order valence-corrected chi connectivity index (χ3v) is 4.99. The van der Waals surface area contributed by atoms with Gasteiger partial charge in [0.25, 0.3) is 0 Å². The minimum atomic E-state index is -0.516. The SMILES string of the molecule is CC(C)(C)OC(=O)N1CCN2C(=O)N(c3ccc4c(c3)CCO4)CC2C1. The molecule has 4 rings (SSSR count). The van der Waals surface area contributed by atoms with Gasteiger partial charge in [-0.2, -0.15) is 0 Å². The Bertz CT molecular complexity index is 743. The number of hydrogen-bond donors (Lipinski definition) is 0. The molecule has 3 aliphatic heterocycles. The van der Waals surface area contributed by atoms with Crippen LogP contribution in [0.15, 0.2) is 18.2 Å². The first kappa shape index (κ1) is 17.0. The molecule has 3 heterocycles. The van der Waals surface area contributed by atoms with Gasteiger partial charge in [0.2, 0.25) is 0 Å². The molecule has 1 atom stereocenters. The Labute approximate surface area is 153 Å². The molecule has 3 aliphatic rings. The minimum absolute atomic E-state index is 0.00623. The number of hydrogen-bond acceptors (Lipinski definition) is 4. The fraction of sp³-hybridized carbons (Fsp3) is 0.579. The summed E-state index contributed by atoms with van der Waals surface area (Å²) in [5, 5.41) is 0. The predicted molar refractivity (Wildman–Crippen MR) is 96.7 cm³/mol. The molecule has 2 saturated heterocycles. The number of urea groups is 1. The molecule has 0 radical (unpaired) electrons. The van der Waals surface area contributed by atoms with Gasteiger partial charge in [0.1, 0.15) is 11.4 Å². The summed E-state index contributed by atoms with van der Waals surface area (Å²) in [6, 6.07) is 5.93. The summed E-state index contributed by atoms with van der Waals surface area (Å²) in [5.41, 5.74) is 1.53. The largest absolute Gasteiger partial charge is 0.493 e. The molecule has 0 bridgehead atoms. The highest BCUT2D eigenvalue weighted by Gasteiger charge is 2.43. The first-order chi connectivity index (χ1) is 12.3. The molecule has 7 nitrogen and oxygen atoms in total. The highest BCUT2D eigenvalue weighted by Crippen LogP contribution is 2.33. The summed E-state index contributed by atoms with van der Waals surface area (Å²) in [7, 11) is 0. The molecule has 140 valence electrons. The lowest BCUT2D eigenvalue weighted by Gasteiger charge is -2.36. The van der Waals surface area contributed by atoms with Crippen molar-refractivity contribution in [3.8, 4) is 5.75 Å². The van der Waals surface area contributed by atoms with E-state index < -0.39 is 5.60 Å². The molecule has 3 amide bonds. The topological polar surface area (TPSA) is 62.3 Å². The van der Waals surface area contributed by atoms with Crippen molar-refractivity contribution in [3.05, 3.63) is 23.8 Å². The van der Waals surface area contributed by atoms with Gasteiger partial charge in [-0.05, 0) is 44.5 Å². The summed E-state index contributed by atoms with van der Waals surface area (Å²) >= 11 is 0. The van der Waals surface area contributed by atoms with Crippen LogP contribution >= 0.6 is 0 Å². The molecule has 0 aromatic heterocycles. The standard InChI is InChI=1S/C19H25N3O4/c1-19(2,3)26-18(24)20-7-8-21-15(11-20)12-22(17(21)23)14-4-5-16-13(10-14)6-9-25-16/h4-5,10,15H,6-9,11-12H2,1-3H3. The Kier molecular flexibility index (Phi) is 3.97. The fourth-order valence-electron chi connectivity index (χ4n) is 3.76. The van der Waals surface area contributed by atoms with E-state index in [0.29, 0.717) is 32.8 Å². The van der Waals surface area contributed by atoms with Gasteiger partial charge in [-0.3, -0.25) is 4.90 Å². The summed E-state index contributed by atoms with van der Waals surface area (Å²) in [6.45, 7) is 8.41. The quantitative estimate of drug-likeness (QED) is 0.773. The van der Waals surface area contributed by atoms with E-state index in [4.69, 9.17) is 9.47 Å². The normalized spacial score (nSPS) is 22.2. The van der Waals surface area contributed by atoms with Gasteiger partial charge in [0, 0.05) is 38.3 Å². The highest BCUT2D eigenvalue weighted by molar-refractivity contribution is 5.95. The van der Waals surface area contributed by atoms with Crippen molar-refractivity contribution in [2.45, 2.75) is 38.8 Å². The number of rotatable bonds is 1. The second-order valence-electron chi connectivity index (χ2n) is 8.06. The van der Waals surface area contributed by atoms with Crippen molar-refractivity contribution < 1.29 is 19.1 Å². The number of benzene rings is 1. The van der Waals surface area contributed by atoms with Crippen LogP contribution in [0, 0.1) is 0 Å². The Morgan fingerprint density at radius 3 is 2.81 bits per heavy atom. The molecule has 0 spiro atoms. The van der Waals surface area contributed by atoms with Crippen LogP contribution in [0.1, 0.15) is 26.3 Å². The lowest BCUT2D eigenvalue weighted by molar-refractivity contribution is 0.0128. The number of nitrogens with zero attached hydrogens (tertiary/aromatic N) is 3. The zero-order valence-electron chi connectivity index (χ0n) is 15.5. The Morgan fingerprint density at radius 2 is 2.04 bits per heavy atom. The van der Waals surface area contributed by atoms with Crippen LogP contribution in [0.4, 0.5) is 15.3 Å². The zero-order valence-corrected chi connectivity index (χ0v) is 15.5. The number of anilines is 1. The molecule has 0 aliphatic carbocycles. The molecule has 1 unspecified atom stereocenters. The first-order valence-electron chi connectivity index (χ1n) is 9.13. The van der Waals surface area contributed by atoms with Gasteiger partial charge in [0.05, 0.1) is 12.6 Å². The number of fused-ring (bicyclic) bond motifs is 2. The minimum Gasteiger partial charge on any atom is -0.493 e. The molecular weight excluding hydrogens is 334 g/mol. The second-order valence-corrected chi connectivity index (χ2v) is 8.06. The number of amides is 3. The molecule has 1 aromatic rings. The zero-order chi connectivity index (χ0) is 18.5. The van der Waals surface area contributed by atoms with E-state index in [2.05, 4.69) is 0 Å². The average molecular weight is 359 g/mol. The van der Waals surface area contributed by atoms with E-state index in [9.17, 15) is 9.59 Å². The average Bonchev–Trinajstić information content (AvgIpc) is 3.16. The number of piperazine rings is 1.